The second-order valence-corrected chi connectivity index (χ2v) is 4.98. The van der Waals surface area contributed by atoms with Gasteiger partial charge in [0.15, 0.2) is 0 Å². The highest BCUT2D eigenvalue weighted by molar-refractivity contribution is 6.03. The Morgan fingerprint density at radius 3 is 2.33 bits per heavy atom. The molecule has 2 N–H and O–H groups in total. The fourth-order valence-corrected chi connectivity index (χ4v) is 1.75. The van der Waals surface area contributed by atoms with E-state index < -0.39 is 0 Å². The Kier molecular flexibility index (Phi) is 2.18. The summed E-state index contributed by atoms with van der Waals surface area (Å²) in [4.78, 5) is 11.8. The van der Waals surface area contributed by atoms with Crippen molar-refractivity contribution in [2.45, 2.75) is 26.8 Å². The van der Waals surface area contributed by atoms with Gasteiger partial charge in [-0.25, -0.2) is 0 Å². The maximum absolute atomic E-state index is 11.8. The first-order valence-corrected chi connectivity index (χ1v) is 5.15. The topological polar surface area (TPSA) is 41.1 Å². The summed E-state index contributed by atoms with van der Waals surface area (Å²) >= 11 is 0. The molecule has 0 radical (unpaired) electrons. The first-order valence-electron chi connectivity index (χ1n) is 5.15. The van der Waals surface area contributed by atoms with Crippen LogP contribution in [0, 0.1) is 5.41 Å². The highest BCUT2D eigenvalue weighted by atomic mass is 16.2. The monoisotopic (exact) mass is 204 g/mol. The summed E-state index contributed by atoms with van der Waals surface area (Å²) in [7, 11) is 0. The lowest BCUT2D eigenvalue weighted by atomic mass is 9.85. The Bertz CT molecular complexity index is 393. The van der Waals surface area contributed by atoms with E-state index in [9.17, 15) is 4.79 Å². The van der Waals surface area contributed by atoms with Crippen molar-refractivity contribution in [2.24, 2.45) is 5.41 Å². The second-order valence-electron chi connectivity index (χ2n) is 4.98. The number of benzene rings is 1. The zero-order chi connectivity index (χ0) is 11.1. The maximum Gasteiger partial charge on any atom is 0.247 e. The van der Waals surface area contributed by atoms with Gasteiger partial charge in [-0.05, 0) is 17.5 Å². The van der Waals surface area contributed by atoms with Gasteiger partial charge in [0, 0.05) is 0 Å². The number of fused-ring (bicyclic) bond motifs is 1. The molecule has 0 aliphatic carbocycles. The molecule has 0 unspecified atom stereocenters. The van der Waals surface area contributed by atoms with Crippen LogP contribution in [0.4, 0.5) is 11.4 Å². The molecule has 1 heterocycles. The molecule has 1 amide bonds. The summed E-state index contributed by atoms with van der Waals surface area (Å²) in [5.74, 6) is 0.0428. The van der Waals surface area contributed by atoms with Crippen molar-refractivity contribution in [2.75, 3.05) is 10.6 Å². The van der Waals surface area contributed by atoms with Gasteiger partial charge in [-0.1, -0.05) is 32.9 Å². The van der Waals surface area contributed by atoms with Crippen molar-refractivity contribution in [1.29, 1.82) is 0 Å². The largest absolute Gasteiger partial charge is 0.372 e. The molecule has 1 aromatic carbocycles. The molecule has 0 bridgehead atoms. The number of rotatable bonds is 0. The molecule has 1 aliphatic rings. The highest BCUT2D eigenvalue weighted by Gasteiger charge is 2.34. The second kappa shape index (κ2) is 3.26. The van der Waals surface area contributed by atoms with Gasteiger partial charge in [0.25, 0.3) is 0 Å². The third-order valence-electron chi connectivity index (χ3n) is 2.61. The van der Waals surface area contributed by atoms with Gasteiger partial charge in [-0.3, -0.25) is 4.79 Å². The maximum atomic E-state index is 11.8. The van der Waals surface area contributed by atoms with Crippen LogP contribution in [0.2, 0.25) is 0 Å². The predicted octanol–water partition coefficient (Wildman–Crippen LogP) is 2.47. The number of carbonyl (C=O) groups is 1. The van der Waals surface area contributed by atoms with Gasteiger partial charge in [0.2, 0.25) is 5.91 Å². The van der Waals surface area contributed by atoms with E-state index in [2.05, 4.69) is 31.4 Å². The van der Waals surface area contributed by atoms with E-state index in [1.807, 2.05) is 24.3 Å². The van der Waals surface area contributed by atoms with E-state index in [0.717, 1.165) is 11.4 Å². The summed E-state index contributed by atoms with van der Waals surface area (Å²) in [6.07, 6.45) is 0. The van der Waals surface area contributed by atoms with E-state index in [4.69, 9.17) is 0 Å². The van der Waals surface area contributed by atoms with Crippen LogP contribution >= 0.6 is 0 Å². The van der Waals surface area contributed by atoms with Crippen molar-refractivity contribution < 1.29 is 4.79 Å². The van der Waals surface area contributed by atoms with E-state index in [1.165, 1.54) is 0 Å². The molecule has 0 saturated heterocycles. The summed E-state index contributed by atoms with van der Waals surface area (Å²) in [6, 6.07) is 7.58. The van der Waals surface area contributed by atoms with Crippen molar-refractivity contribution >= 4 is 17.3 Å². The van der Waals surface area contributed by atoms with Crippen LogP contribution in [0.1, 0.15) is 20.8 Å². The average molecular weight is 204 g/mol. The lowest BCUT2D eigenvalue weighted by Gasteiger charge is -2.35. The number of carbonyl (C=O) groups excluding carboxylic acids is 1. The summed E-state index contributed by atoms with van der Waals surface area (Å²) in [5, 5.41) is 6.19. The molecule has 0 fully saturated rings. The SMILES string of the molecule is CC(C)(C)[C@H]1Nc2ccccc2NC1=O. The minimum atomic E-state index is -0.174. The van der Waals surface area contributed by atoms with Crippen LogP contribution in [0.15, 0.2) is 24.3 Å². The van der Waals surface area contributed by atoms with Gasteiger partial charge in [0.05, 0.1) is 11.4 Å². The quantitative estimate of drug-likeness (QED) is 0.681. The number of nitrogens with one attached hydrogen (secondary N) is 2. The first kappa shape index (κ1) is 10.0. The van der Waals surface area contributed by atoms with Crippen LogP contribution in [-0.2, 0) is 4.79 Å². The zero-order valence-electron chi connectivity index (χ0n) is 9.29. The third-order valence-corrected chi connectivity index (χ3v) is 2.61. The van der Waals surface area contributed by atoms with Crippen molar-refractivity contribution in [3.8, 4) is 0 Å². The fourth-order valence-electron chi connectivity index (χ4n) is 1.75. The highest BCUT2D eigenvalue weighted by Crippen LogP contribution is 2.32. The molecular formula is C12H16N2O. The Labute approximate surface area is 89.9 Å². The minimum absolute atomic E-state index is 0.0428. The van der Waals surface area contributed by atoms with E-state index in [0.29, 0.717) is 0 Å². The van der Waals surface area contributed by atoms with Crippen molar-refractivity contribution in [3.63, 3.8) is 0 Å². The van der Waals surface area contributed by atoms with Gasteiger partial charge in [-0.2, -0.15) is 0 Å². The Morgan fingerprint density at radius 2 is 1.73 bits per heavy atom. The van der Waals surface area contributed by atoms with Gasteiger partial charge in [0.1, 0.15) is 6.04 Å². The van der Waals surface area contributed by atoms with E-state index >= 15 is 0 Å². The molecule has 1 aromatic rings. The van der Waals surface area contributed by atoms with Gasteiger partial charge < -0.3 is 10.6 Å². The van der Waals surface area contributed by atoms with Crippen LogP contribution < -0.4 is 10.6 Å². The van der Waals surface area contributed by atoms with Gasteiger partial charge in [-0.15, -0.1) is 0 Å². The molecule has 2 rings (SSSR count). The summed E-state index contributed by atoms with van der Waals surface area (Å²) in [6.45, 7) is 6.16. The smallest absolute Gasteiger partial charge is 0.247 e. The summed E-state index contributed by atoms with van der Waals surface area (Å²) < 4.78 is 0. The number of anilines is 2. The molecule has 0 saturated carbocycles. The van der Waals surface area contributed by atoms with Crippen molar-refractivity contribution in [3.05, 3.63) is 24.3 Å². The number of para-hydroxylation sites is 2. The van der Waals surface area contributed by atoms with E-state index in [-0.39, 0.29) is 17.4 Å². The summed E-state index contributed by atoms with van der Waals surface area (Å²) in [5.41, 5.74) is 1.78. The van der Waals surface area contributed by atoms with E-state index in [1.54, 1.807) is 0 Å². The normalized spacial score (nSPS) is 20.2. The molecule has 1 atom stereocenters. The number of amides is 1. The number of hydrogen-bond donors (Lipinski definition) is 2. The average Bonchev–Trinajstić information content (AvgIpc) is 2.15. The molecule has 3 heteroatoms. The molecule has 0 spiro atoms. The Morgan fingerprint density at radius 1 is 1.13 bits per heavy atom. The molecular weight excluding hydrogens is 188 g/mol. The number of hydrogen-bond acceptors (Lipinski definition) is 2. The first-order chi connectivity index (χ1) is 6.98. The Balaban J connectivity index is 2.34. The minimum Gasteiger partial charge on any atom is -0.372 e. The van der Waals surface area contributed by atoms with Crippen molar-refractivity contribution in [1.82, 2.24) is 0 Å². The lowest BCUT2D eigenvalue weighted by Crippen LogP contribution is -2.47. The fraction of sp³-hybridized carbons (Fsp3) is 0.417. The van der Waals surface area contributed by atoms with Crippen LogP contribution in [0.3, 0.4) is 0 Å². The molecule has 0 aromatic heterocycles. The van der Waals surface area contributed by atoms with Gasteiger partial charge >= 0.3 is 0 Å². The Hall–Kier alpha value is -1.51. The molecule has 3 nitrogen and oxygen atoms in total. The zero-order valence-corrected chi connectivity index (χ0v) is 9.29. The van der Waals surface area contributed by atoms with Crippen LogP contribution in [0.5, 0.6) is 0 Å². The predicted molar refractivity (Wildman–Crippen MR) is 61.9 cm³/mol. The van der Waals surface area contributed by atoms with Crippen LogP contribution in [-0.4, -0.2) is 11.9 Å². The lowest BCUT2D eigenvalue weighted by molar-refractivity contribution is -0.119. The molecule has 80 valence electrons. The molecule has 1 aliphatic heterocycles. The third kappa shape index (κ3) is 1.82. The van der Waals surface area contributed by atoms with Crippen LogP contribution in [0.25, 0.3) is 0 Å². The molecule has 15 heavy (non-hydrogen) atoms. The standard InChI is InChI=1S/C12H16N2O/c1-12(2,3)10-11(15)14-9-7-5-4-6-8(9)13-10/h4-7,10,13H,1-3H3,(H,14,15)/t10-/m0/s1.